The molecule has 0 amide bonds. The molecule has 1 heterocycles. The molecule has 0 bridgehead atoms. The van der Waals surface area contributed by atoms with Gasteiger partial charge in [-0.1, -0.05) is 6.07 Å². The van der Waals surface area contributed by atoms with E-state index in [2.05, 4.69) is 20.9 Å². The van der Waals surface area contributed by atoms with E-state index in [4.69, 9.17) is 9.47 Å². The molecule has 3 nitrogen and oxygen atoms in total. The molecule has 0 unspecified atom stereocenters. The van der Waals surface area contributed by atoms with Crippen LogP contribution < -0.4 is 0 Å². The number of hydrogen-bond acceptors (Lipinski definition) is 3. The highest BCUT2D eigenvalue weighted by Crippen LogP contribution is 2.06. The lowest BCUT2D eigenvalue weighted by Crippen LogP contribution is -2.01. The fraction of sp³-hybridized carbons (Fsp3) is 0.444. The Morgan fingerprint density at radius 3 is 2.92 bits per heavy atom. The molecule has 0 fully saturated rings. The number of ether oxygens (including phenoxy) is 2. The van der Waals surface area contributed by atoms with E-state index in [0.717, 1.165) is 10.3 Å². The Hall–Kier alpha value is -0.450. The van der Waals surface area contributed by atoms with Crippen LogP contribution in [0.25, 0.3) is 0 Å². The molecule has 0 spiro atoms. The van der Waals surface area contributed by atoms with Gasteiger partial charge in [0, 0.05) is 6.61 Å². The van der Waals surface area contributed by atoms with Gasteiger partial charge in [0.25, 0.3) is 0 Å². The van der Waals surface area contributed by atoms with Crippen molar-refractivity contribution in [2.24, 2.45) is 0 Å². The predicted octanol–water partition coefficient (Wildman–Crippen LogP) is 2.35. The minimum atomic E-state index is 0.324. The summed E-state index contributed by atoms with van der Waals surface area (Å²) in [5, 5.41) is 0. The topological polar surface area (TPSA) is 31.4 Å². The second-order valence-electron chi connectivity index (χ2n) is 2.41. The SMILES string of the molecule is CCOCOCc1cccc(Br)n1. The van der Waals surface area contributed by atoms with Gasteiger partial charge in [0.05, 0.1) is 12.3 Å². The molecule has 1 aromatic rings. The number of rotatable bonds is 5. The van der Waals surface area contributed by atoms with Crippen LogP contribution in [0.2, 0.25) is 0 Å². The van der Waals surface area contributed by atoms with Gasteiger partial charge in [0.2, 0.25) is 0 Å². The highest BCUT2D eigenvalue weighted by molar-refractivity contribution is 9.10. The van der Waals surface area contributed by atoms with Gasteiger partial charge in [-0.25, -0.2) is 4.98 Å². The monoisotopic (exact) mass is 245 g/mol. The van der Waals surface area contributed by atoms with Crippen LogP contribution in [0.4, 0.5) is 0 Å². The van der Waals surface area contributed by atoms with Crippen molar-refractivity contribution in [3.63, 3.8) is 0 Å². The normalized spacial score (nSPS) is 10.3. The Labute approximate surface area is 86.2 Å². The van der Waals surface area contributed by atoms with Crippen molar-refractivity contribution in [1.82, 2.24) is 4.98 Å². The van der Waals surface area contributed by atoms with Crippen molar-refractivity contribution in [3.05, 3.63) is 28.5 Å². The van der Waals surface area contributed by atoms with Gasteiger partial charge >= 0.3 is 0 Å². The predicted molar refractivity (Wildman–Crippen MR) is 53.2 cm³/mol. The maximum atomic E-state index is 5.21. The average molecular weight is 246 g/mol. The molecule has 0 N–H and O–H groups in total. The van der Waals surface area contributed by atoms with Crippen molar-refractivity contribution >= 4 is 15.9 Å². The van der Waals surface area contributed by atoms with E-state index in [0.29, 0.717) is 20.0 Å². The molecule has 0 saturated heterocycles. The maximum Gasteiger partial charge on any atom is 0.147 e. The Morgan fingerprint density at radius 1 is 1.38 bits per heavy atom. The molecule has 13 heavy (non-hydrogen) atoms. The van der Waals surface area contributed by atoms with Crippen molar-refractivity contribution in [3.8, 4) is 0 Å². The van der Waals surface area contributed by atoms with Crippen LogP contribution in [-0.2, 0) is 16.1 Å². The first-order valence-electron chi connectivity index (χ1n) is 4.10. The third-order valence-corrected chi connectivity index (χ3v) is 1.84. The van der Waals surface area contributed by atoms with Gasteiger partial charge in [-0.3, -0.25) is 0 Å². The molecule has 0 aromatic carbocycles. The molecule has 0 aliphatic heterocycles. The summed E-state index contributed by atoms with van der Waals surface area (Å²) in [5.41, 5.74) is 0.897. The Kier molecular flexibility index (Phi) is 4.97. The maximum absolute atomic E-state index is 5.21. The van der Waals surface area contributed by atoms with Crippen LogP contribution in [0.15, 0.2) is 22.8 Å². The highest BCUT2D eigenvalue weighted by Gasteiger charge is 1.94. The van der Waals surface area contributed by atoms with Gasteiger partial charge in [-0.05, 0) is 35.0 Å². The molecule has 0 saturated carbocycles. The fourth-order valence-corrected chi connectivity index (χ4v) is 1.20. The average Bonchev–Trinajstić information content (AvgIpc) is 2.13. The van der Waals surface area contributed by atoms with Crippen molar-refractivity contribution in [1.29, 1.82) is 0 Å². The van der Waals surface area contributed by atoms with Crippen LogP contribution in [0.5, 0.6) is 0 Å². The standard InChI is InChI=1S/C9H12BrNO2/c1-2-12-7-13-6-8-4-3-5-9(10)11-8/h3-5H,2,6-7H2,1H3. The van der Waals surface area contributed by atoms with Crippen LogP contribution in [-0.4, -0.2) is 18.4 Å². The lowest BCUT2D eigenvalue weighted by atomic mass is 10.4. The molecule has 0 atom stereocenters. The van der Waals surface area contributed by atoms with Crippen molar-refractivity contribution in [2.75, 3.05) is 13.4 Å². The quantitative estimate of drug-likeness (QED) is 0.454. The number of halogens is 1. The summed E-state index contributed by atoms with van der Waals surface area (Å²) in [5.74, 6) is 0. The number of nitrogens with zero attached hydrogens (tertiary/aromatic N) is 1. The molecule has 72 valence electrons. The molecule has 0 aliphatic carbocycles. The molecule has 1 rings (SSSR count). The third-order valence-electron chi connectivity index (χ3n) is 1.39. The zero-order valence-electron chi connectivity index (χ0n) is 7.50. The van der Waals surface area contributed by atoms with Gasteiger partial charge in [0.15, 0.2) is 0 Å². The second kappa shape index (κ2) is 6.07. The third kappa shape index (κ3) is 4.36. The summed E-state index contributed by atoms with van der Waals surface area (Å²) < 4.78 is 11.1. The van der Waals surface area contributed by atoms with E-state index in [-0.39, 0.29) is 0 Å². The van der Waals surface area contributed by atoms with E-state index in [1.165, 1.54) is 0 Å². The summed E-state index contributed by atoms with van der Waals surface area (Å²) in [6.45, 7) is 3.41. The van der Waals surface area contributed by atoms with Crippen LogP contribution in [0, 0.1) is 0 Å². The highest BCUT2D eigenvalue weighted by atomic mass is 79.9. The van der Waals surface area contributed by atoms with Crippen LogP contribution >= 0.6 is 15.9 Å². The molecule has 0 radical (unpaired) electrons. The van der Waals surface area contributed by atoms with Gasteiger partial charge in [-0.2, -0.15) is 0 Å². The van der Waals surface area contributed by atoms with E-state index >= 15 is 0 Å². The van der Waals surface area contributed by atoms with Gasteiger partial charge in [0.1, 0.15) is 11.4 Å². The van der Waals surface area contributed by atoms with Crippen molar-refractivity contribution in [2.45, 2.75) is 13.5 Å². The van der Waals surface area contributed by atoms with Gasteiger partial charge < -0.3 is 9.47 Å². The van der Waals surface area contributed by atoms with E-state index < -0.39 is 0 Å². The summed E-state index contributed by atoms with van der Waals surface area (Å²) in [6, 6.07) is 5.72. The lowest BCUT2D eigenvalue weighted by molar-refractivity contribution is -0.0580. The van der Waals surface area contributed by atoms with E-state index in [9.17, 15) is 0 Å². The summed E-state index contributed by atoms with van der Waals surface area (Å²) in [7, 11) is 0. The lowest BCUT2D eigenvalue weighted by Gasteiger charge is -2.03. The number of pyridine rings is 1. The first-order chi connectivity index (χ1) is 6.33. The van der Waals surface area contributed by atoms with E-state index in [1.807, 2.05) is 25.1 Å². The number of hydrogen-bond donors (Lipinski definition) is 0. The van der Waals surface area contributed by atoms with Gasteiger partial charge in [-0.15, -0.1) is 0 Å². The Balaban J connectivity index is 2.28. The second-order valence-corrected chi connectivity index (χ2v) is 3.22. The van der Waals surface area contributed by atoms with Crippen LogP contribution in [0.1, 0.15) is 12.6 Å². The zero-order valence-corrected chi connectivity index (χ0v) is 9.08. The largest absolute Gasteiger partial charge is 0.356 e. The van der Waals surface area contributed by atoms with Crippen molar-refractivity contribution < 1.29 is 9.47 Å². The summed E-state index contributed by atoms with van der Waals surface area (Å²) >= 11 is 3.29. The van der Waals surface area contributed by atoms with E-state index in [1.54, 1.807) is 0 Å². The van der Waals surface area contributed by atoms with Crippen LogP contribution in [0.3, 0.4) is 0 Å². The summed E-state index contributed by atoms with van der Waals surface area (Å²) in [6.07, 6.45) is 0. The Morgan fingerprint density at radius 2 is 2.23 bits per heavy atom. The zero-order chi connectivity index (χ0) is 9.52. The molecule has 4 heteroatoms. The first kappa shape index (κ1) is 10.6. The molecule has 0 aliphatic rings. The minimum Gasteiger partial charge on any atom is -0.356 e. The molecular weight excluding hydrogens is 234 g/mol. The number of aromatic nitrogens is 1. The smallest absolute Gasteiger partial charge is 0.147 e. The molecular formula is C9H12BrNO2. The minimum absolute atomic E-state index is 0.324. The fourth-order valence-electron chi connectivity index (χ4n) is 0.819. The summed E-state index contributed by atoms with van der Waals surface area (Å²) in [4.78, 5) is 4.21. The Bertz CT molecular complexity index is 255. The molecule has 1 aromatic heterocycles. The first-order valence-corrected chi connectivity index (χ1v) is 4.89.